The van der Waals surface area contributed by atoms with E-state index in [0.717, 1.165) is 0 Å². The van der Waals surface area contributed by atoms with Crippen molar-refractivity contribution in [2.75, 3.05) is 7.11 Å². The molecule has 0 aliphatic carbocycles. The summed E-state index contributed by atoms with van der Waals surface area (Å²) < 4.78 is 16.3. The average molecular weight is 390 g/mol. The molecule has 0 radical (unpaired) electrons. The second-order valence-corrected chi connectivity index (χ2v) is 6.26. The topological polar surface area (TPSA) is 97.2 Å². The van der Waals surface area contributed by atoms with Crippen molar-refractivity contribution in [3.05, 3.63) is 83.8 Å². The third-order valence-corrected chi connectivity index (χ3v) is 4.27. The standard InChI is InChI=1S/C22H18N2O5/c1-27-17-5-2-4-15(11-17)24-22-19(21(26)23-13-18-6-3-9-28-18)10-14-7-8-16(25)12-20(14)29-22/h2-12,25H,13H2,1H3,(H,23,26). The second kappa shape index (κ2) is 7.93. The number of hydrogen-bond acceptors (Lipinski definition) is 6. The monoisotopic (exact) mass is 390 g/mol. The summed E-state index contributed by atoms with van der Waals surface area (Å²) in [6.45, 7) is 0.234. The van der Waals surface area contributed by atoms with Crippen LogP contribution in [0.3, 0.4) is 0 Å². The lowest BCUT2D eigenvalue weighted by Gasteiger charge is -2.07. The number of carbonyl (C=O) groups is 1. The van der Waals surface area contributed by atoms with E-state index in [2.05, 4.69) is 10.3 Å². The maximum atomic E-state index is 12.8. The van der Waals surface area contributed by atoms with Gasteiger partial charge in [-0.3, -0.25) is 4.79 Å². The Morgan fingerprint density at radius 1 is 1.14 bits per heavy atom. The van der Waals surface area contributed by atoms with Crippen LogP contribution in [-0.4, -0.2) is 18.1 Å². The largest absolute Gasteiger partial charge is 0.508 e. The van der Waals surface area contributed by atoms with Crippen molar-refractivity contribution in [2.24, 2.45) is 4.99 Å². The van der Waals surface area contributed by atoms with Crippen molar-refractivity contribution in [3.63, 3.8) is 0 Å². The first-order valence-electron chi connectivity index (χ1n) is 8.88. The average Bonchev–Trinajstić information content (AvgIpc) is 3.25. The molecule has 0 atom stereocenters. The first-order valence-corrected chi connectivity index (χ1v) is 8.88. The molecule has 0 fully saturated rings. The first kappa shape index (κ1) is 18.4. The number of furan rings is 1. The lowest BCUT2D eigenvalue weighted by atomic mass is 10.1. The zero-order valence-corrected chi connectivity index (χ0v) is 15.6. The van der Waals surface area contributed by atoms with Crippen LogP contribution in [-0.2, 0) is 6.54 Å². The summed E-state index contributed by atoms with van der Waals surface area (Å²) in [6, 6.07) is 17.0. The fraction of sp³-hybridized carbons (Fsp3) is 0.0909. The molecule has 2 N–H and O–H groups in total. The Morgan fingerprint density at radius 2 is 2.03 bits per heavy atom. The Balaban J connectivity index is 1.80. The molecule has 4 rings (SSSR count). The van der Waals surface area contributed by atoms with E-state index in [1.165, 1.54) is 12.1 Å². The van der Waals surface area contributed by atoms with Gasteiger partial charge in [0.05, 0.1) is 25.6 Å². The molecule has 7 heteroatoms. The molecule has 0 saturated carbocycles. The highest BCUT2D eigenvalue weighted by atomic mass is 16.5. The number of carbonyl (C=O) groups excluding carboxylic acids is 1. The predicted octanol–water partition coefficient (Wildman–Crippen LogP) is 3.90. The van der Waals surface area contributed by atoms with Crippen molar-refractivity contribution in [1.82, 2.24) is 5.32 Å². The van der Waals surface area contributed by atoms with Gasteiger partial charge in [0.1, 0.15) is 28.4 Å². The number of benzene rings is 2. The number of nitrogens with one attached hydrogen (secondary N) is 1. The van der Waals surface area contributed by atoms with Crippen molar-refractivity contribution in [1.29, 1.82) is 0 Å². The van der Waals surface area contributed by atoms with Crippen molar-refractivity contribution in [2.45, 2.75) is 6.54 Å². The van der Waals surface area contributed by atoms with Gasteiger partial charge in [-0.2, -0.15) is 0 Å². The van der Waals surface area contributed by atoms with Crippen LogP contribution in [0.25, 0.3) is 11.0 Å². The number of ether oxygens (including phenoxy) is 1. The van der Waals surface area contributed by atoms with Crippen LogP contribution in [0.1, 0.15) is 16.1 Å². The highest BCUT2D eigenvalue weighted by Gasteiger charge is 2.14. The Kier molecular flexibility index (Phi) is 5.03. The number of nitrogens with zero attached hydrogens (tertiary/aromatic N) is 1. The molecule has 29 heavy (non-hydrogen) atoms. The third kappa shape index (κ3) is 4.14. The molecule has 0 saturated heterocycles. The molecule has 2 aromatic heterocycles. The highest BCUT2D eigenvalue weighted by Crippen LogP contribution is 2.22. The number of phenolic OH excluding ortho intramolecular Hbond substituents is 1. The van der Waals surface area contributed by atoms with E-state index in [4.69, 9.17) is 13.6 Å². The van der Waals surface area contributed by atoms with E-state index < -0.39 is 0 Å². The molecule has 146 valence electrons. The number of fused-ring (bicyclic) bond motifs is 1. The molecular formula is C22H18N2O5. The minimum absolute atomic E-state index is 0.0589. The number of aromatic hydroxyl groups is 1. The Hall–Kier alpha value is -4.00. The second-order valence-electron chi connectivity index (χ2n) is 6.26. The summed E-state index contributed by atoms with van der Waals surface area (Å²) in [5.41, 5.74) is 1.35. The summed E-state index contributed by atoms with van der Waals surface area (Å²) in [7, 11) is 1.57. The summed E-state index contributed by atoms with van der Waals surface area (Å²) >= 11 is 0. The molecule has 0 unspecified atom stereocenters. The van der Waals surface area contributed by atoms with E-state index >= 15 is 0 Å². The van der Waals surface area contributed by atoms with Crippen LogP contribution >= 0.6 is 0 Å². The normalized spacial score (nSPS) is 11.6. The van der Waals surface area contributed by atoms with Gasteiger partial charge >= 0.3 is 0 Å². The molecule has 7 nitrogen and oxygen atoms in total. The zero-order chi connectivity index (χ0) is 20.2. The third-order valence-electron chi connectivity index (χ3n) is 4.27. The fourth-order valence-corrected chi connectivity index (χ4v) is 2.83. The smallest absolute Gasteiger partial charge is 0.257 e. The fourth-order valence-electron chi connectivity index (χ4n) is 2.83. The Bertz CT molecular complexity index is 1230. The number of hydrogen-bond donors (Lipinski definition) is 2. The molecule has 1 amide bonds. The van der Waals surface area contributed by atoms with Crippen LogP contribution in [0.5, 0.6) is 11.5 Å². The molecule has 0 bridgehead atoms. The summed E-state index contributed by atoms with van der Waals surface area (Å²) in [5.74, 6) is 0.964. The van der Waals surface area contributed by atoms with Gasteiger partial charge in [0.15, 0.2) is 0 Å². The molecule has 4 aromatic rings. The van der Waals surface area contributed by atoms with Gasteiger partial charge in [-0.1, -0.05) is 6.07 Å². The van der Waals surface area contributed by atoms with Gasteiger partial charge in [-0.25, -0.2) is 4.99 Å². The van der Waals surface area contributed by atoms with Gasteiger partial charge < -0.3 is 24.0 Å². The van der Waals surface area contributed by atoms with Gasteiger partial charge in [0, 0.05) is 17.5 Å². The van der Waals surface area contributed by atoms with Gasteiger partial charge in [0.25, 0.3) is 5.91 Å². The van der Waals surface area contributed by atoms with E-state index in [0.29, 0.717) is 28.2 Å². The molecular weight excluding hydrogens is 372 g/mol. The number of methoxy groups -OCH3 is 1. The van der Waals surface area contributed by atoms with Crippen molar-refractivity contribution >= 4 is 22.6 Å². The zero-order valence-electron chi connectivity index (χ0n) is 15.6. The summed E-state index contributed by atoms with van der Waals surface area (Å²) in [4.78, 5) is 17.3. The van der Waals surface area contributed by atoms with Gasteiger partial charge in [-0.15, -0.1) is 0 Å². The number of rotatable bonds is 5. The predicted molar refractivity (Wildman–Crippen MR) is 106 cm³/mol. The van der Waals surface area contributed by atoms with Crippen LogP contribution in [0, 0.1) is 0 Å². The summed E-state index contributed by atoms with van der Waals surface area (Å²) in [5, 5.41) is 13.2. The maximum Gasteiger partial charge on any atom is 0.257 e. The van der Waals surface area contributed by atoms with Crippen LogP contribution in [0.2, 0.25) is 0 Å². The Labute approximate surface area is 165 Å². The van der Waals surface area contributed by atoms with E-state index in [1.807, 2.05) is 0 Å². The quantitative estimate of drug-likeness (QED) is 0.539. The van der Waals surface area contributed by atoms with E-state index in [1.54, 1.807) is 61.9 Å². The lowest BCUT2D eigenvalue weighted by Crippen LogP contribution is -2.28. The van der Waals surface area contributed by atoms with Gasteiger partial charge in [-0.05, 0) is 42.5 Å². The number of phenols is 1. The maximum absolute atomic E-state index is 12.8. The van der Waals surface area contributed by atoms with Crippen LogP contribution in [0.15, 0.2) is 80.8 Å². The van der Waals surface area contributed by atoms with E-state index in [-0.39, 0.29) is 29.3 Å². The minimum Gasteiger partial charge on any atom is -0.508 e. The van der Waals surface area contributed by atoms with Crippen LogP contribution in [0.4, 0.5) is 5.69 Å². The van der Waals surface area contributed by atoms with Crippen molar-refractivity contribution < 1.29 is 23.5 Å². The molecule has 0 spiro atoms. The number of amides is 1. The van der Waals surface area contributed by atoms with E-state index in [9.17, 15) is 9.90 Å². The SMILES string of the molecule is COc1cccc(N=c2oc3cc(O)ccc3cc2C(=O)NCc2ccco2)c1. The first-order chi connectivity index (χ1) is 14.1. The minimum atomic E-state index is -0.359. The summed E-state index contributed by atoms with van der Waals surface area (Å²) in [6.07, 6.45) is 1.54. The molecule has 2 aromatic carbocycles. The molecule has 0 aliphatic rings. The van der Waals surface area contributed by atoms with Crippen molar-refractivity contribution in [3.8, 4) is 11.5 Å². The molecule has 2 heterocycles. The molecule has 0 aliphatic heterocycles. The van der Waals surface area contributed by atoms with Crippen LogP contribution < -0.4 is 15.6 Å². The Morgan fingerprint density at radius 3 is 2.83 bits per heavy atom. The lowest BCUT2D eigenvalue weighted by molar-refractivity contribution is 0.0944. The van der Waals surface area contributed by atoms with Gasteiger partial charge in [0.2, 0.25) is 5.55 Å². The highest BCUT2D eigenvalue weighted by molar-refractivity contribution is 5.96.